The van der Waals surface area contributed by atoms with Gasteiger partial charge in [-0.05, 0) is 41.0 Å². The minimum absolute atomic E-state index is 0.348. The first-order chi connectivity index (χ1) is 15.8. The lowest BCUT2D eigenvalue weighted by atomic mass is 9.90. The van der Waals surface area contributed by atoms with Crippen molar-refractivity contribution in [1.82, 2.24) is 15.5 Å². The molecule has 0 radical (unpaired) electrons. The predicted octanol–water partition coefficient (Wildman–Crippen LogP) is 4.54. The molecule has 2 heterocycles. The summed E-state index contributed by atoms with van der Waals surface area (Å²) < 4.78 is 0. The minimum atomic E-state index is -1.21. The van der Waals surface area contributed by atoms with E-state index in [4.69, 9.17) is 0 Å². The number of nitrogens with one attached hydrogen (secondary N) is 2. The van der Waals surface area contributed by atoms with Gasteiger partial charge in [0.25, 0.3) is 5.91 Å². The predicted molar refractivity (Wildman–Crippen MR) is 129 cm³/mol. The number of thiophene rings is 1. The van der Waals surface area contributed by atoms with Gasteiger partial charge < -0.3 is 10.6 Å². The summed E-state index contributed by atoms with van der Waals surface area (Å²) in [5.41, 5.74) is 1.56. The molecule has 1 aliphatic rings. The Kier molecular flexibility index (Phi) is 6.33. The Morgan fingerprint density at radius 3 is 2.30 bits per heavy atom. The molecular weight excluding hydrogens is 434 g/mol. The van der Waals surface area contributed by atoms with Crippen molar-refractivity contribution in [3.8, 4) is 0 Å². The van der Waals surface area contributed by atoms with Gasteiger partial charge in [0.05, 0.1) is 6.04 Å². The largest absolute Gasteiger partial charge is 0.343 e. The van der Waals surface area contributed by atoms with E-state index >= 15 is 0 Å². The molecule has 7 heteroatoms. The molecule has 3 aromatic rings. The van der Waals surface area contributed by atoms with Gasteiger partial charge in [0, 0.05) is 4.88 Å². The van der Waals surface area contributed by atoms with Gasteiger partial charge in [-0.25, -0.2) is 4.79 Å². The molecule has 6 nitrogen and oxygen atoms in total. The summed E-state index contributed by atoms with van der Waals surface area (Å²) in [5.74, 6) is -0.477. The highest BCUT2D eigenvalue weighted by molar-refractivity contribution is 7.10. The highest BCUT2D eigenvalue weighted by atomic mass is 32.1. The summed E-state index contributed by atoms with van der Waals surface area (Å²) in [7, 11) is 0. The molecular formula is C26H27N3O3S. The molecule has 0 aliphatic carbocycles. The quantitative estimate of drug-likeness (QED) is 0.507. The van der Waals surface area contributed by atoms with Crippen molar-refractivity contribution in [2.45, 2.75) is 38.3 Å². The Labute approximate surface area is 197 Å². The summed E-state index contributed by atoms with van der Waals surface area (Å²) in [6, 6.07) is 20.2. The zero-order valence-electron chi connectivity index (χ0n) is 18.9. The third-order valence-electron chi connectivity index (χ3n) is 6.00. The first-order valence-corrected chi connectivity index (χ1v) is 11.8. The molecule has 4 rings (SSSR count). The maximum Gasteiger partial charge on any atom is 0.325 e. The van der Waals surface area contributed by atoms with Crippen LogP contribution < -0.4 is 10.6 Å². The Morgan fingerprint density at radius 2 is 1.70 bits per heavy atom. The van der Waals surface area contributed by atoms with Crippen molar-refractivity contribution in [3.05, 3.63) is 93.7 Å². The lowest BCUT2D eigenvalue weighted by Crippen LogP contribution is -2.44. The number of carbonyl (C=O) groups is 3. The lowest BCUT2D eigenvalue weighted by molar-refractivity contribution is -0.135. The van der Waals surface area contributed by atoms with Crippen molar-refractivity contribution in [2.24, 2.45) is 0 Å². The van der Waals surface area contributed by atoms with Crippen LogP contribution in [-0.4, -0.2) is 29.3 Å². The minimum Gasteiger partial charge on any atom is -0.343 e. The van der Waals surface area contributed by atoms with Crippen LogP contribution in [-0.2, 0) is 15.1 Å². The van der Waals surface area contributed by atoms with Crippen molar-refractivity contribution >= 4 is 29.2 Å². The number of amides is 4. The fourth-order valence-corrected chi connectivity index (χ4v) is 4.81. The zero-order valence-corrected chi connectivity index (χ0v) is 19.7. The Balaban J connectivity index is 1.51. The van der Waals surface area contributed by atoms with Crippen molar-refractivity contribution in [3.63, 3.8) is 0 Å². The molecule has 2 aromatic carbocycles. The van der Waals surface area contributed by atoms with Crippen molar-refractivity contribution in [2.75, 3.05) is 6.54 Å². The smallest absolute Gasteiger partial charge is 0.325 e. The summed E-state index contributed by atoms with van der Waals surface area (Å²) in [6.45, 7) is 5.52. The number of urea groups is 1. The van der Waals surface area contributed by atoms with Crippen LogP contribution in [0.25, 0.3) is 0 Å². The fraction of sp³-hybridized carbons (Fsp3) is 0.269. The summed E-state index contributed by atoms with van der Waals surface area (Å²) in [4.78, 5) is 40.8. The summed E-state index contributed by atoms with van der Waals surface area (Å²) in [5, 5.41) is 7.71. The van der Waals surface area contributed by atoms with Gasteiger partial charge in [-0.15, -0.1) is 11.3 Å². The van der Waals surface area contributed by atoms with Gasteiger partial charge in [0.15, 0.2) is 0 Å². The average molecular weight is 462 g/mol. The number of hydrogen-bond acceptors (Lipinski definition) is 4. The van der Waals surface area contributed by atoms with Crippen LogP contribution in [0.5, 0.6) is 0 Å². The molecule has 4 amide bonds. The van der Waals surface area contributed by atoms with E-state index in [9.17, 15) is 14.4 Å². The van der Waals surface area contributed by atoms with E-state index in [-0.39, 0.29) is 12.6 Å². The van der Waals surface area contributed by atoms with Crippen LogP contribution in [0.1, 0.15) is 54.3 Å². The van der Waals surface area contributed by atoms with Gasteiger partial charge in [0.1, 0.15) is 12.1 Å². The van der Waals surface area contributed by atoms with Gasteiger partial charge in [-0.3, -0.25) is 14.5 Å². The van der Waals surface area contributed by atoms with E-state index in [1.165, 1.54) is 11.3 Å². The van der Waals surface area contributed by atoms with Crippen molar-refractivity contribution in [1.29, 1.82) is 0 Å². The van der Waals surface area contributed by atoms with Gasteiger partial charge in [0.2, 0.25) is 5.91 Å². The van der Waals surface area contributed by atoms with Gasteiger partial charge in [-0.2, -0.15) is 0 Å². The number of hydrogen-bond donors (Lipinski definition) is 2. The van der Waals surface area contributed by atoms with Crippen molar-refractivity contribution < 1.29 is 14.4 Å². The normalized spacial score (nSPS) is 19.0. The molecule has 1 saturated heterocycles. The molecule has 1 aromatic heterocycles. The number of imide groups is 1. The topological polar surface area (TPSA) is 78.5 Å². The SMILES string of the molecule is CC(C)c1ccc(C2(C)NC(=O)N(CC(=O)NC(c3ccccc3)c3cccs3)C2=O)cc1. The standard InChI is InChI=1S/C26H27N3O3S/c1-17(2)18-11-13-20(14-12-18)26(3)24(31)29(25(32)28-26)16-22(30)27-23(21-10-7-15-33-21)19-8-5-4-6-9-19/h4-15,17,23H,16H2,1-3H3,(H,27,30)(H,28,32). The van der Waals surface area contributed by atoms with E-state index in [1.807, 2.05) is 72.1 Å². The van der Waals surface area contributed by atoms with Crippen LogP contribution in [0.3, 0.4) is 0 Å². The Bertz CT molecular complexity index is 1140. The second-order valence-corrected chi connectivity index (χ2v) is 9.63. The molecule has 2 N–H and O–H groups in total. The highest BCUT2D eigenvalue weighted by Gasteiger charge is 2.49. The van der Waals surface area contributed by atoms with E-state index in [2.05, 4.69) is 24.5 Å². The zero-order chi connectivity index (χ0) is 23.6. The molecule has 1 fully saturated rings. The van der Waals surface area contributed by atoms with Crippen LogP contribution in [0.4, 0.5) is 4.79 Å². The van der Waals surface area contributed by atoms with Crippen LogP contribution >= 0.6 is 11.3 Å². The lowest BCUT2D eigenvalue weighted by Gasteiger charge is -2.23. The van der Waals surface area contributed by atoms with Gasteiger partial charge in [-0.1, -0.05) is 74.5 Å². The van der Waals surface area contributed by atoms with E-state index in [0.29, 0.717) is 11.5 Å². The van der Waals surface area contributed by atoms with E-state index in [0.717, 1.165) is 20.9 Å². The third-order valence-corrected chi connectivity index (χ3v) is 6.93. The maximum atomic E-state index is 13.2. The molecule has 2 atom stereocenters. The summed E-state index contributed by atoms with van der Waals surface area (Å²) in [6.07, 6.45) is 0. The third kappa shape index (κ3) is 4.54. The monoisotopic (exact) mass is 461 g/mol. The maximum absolute atomic E-state index is 13.2. The average Bonchev–Trinajstić information content (AvgIpc) is 3.42. The Morgan fingerprint density at radius 1 is 1.00 bits per heavy atom. The van der Waals surface area contributed by atoms with E-state index in [1.54, 1.807) is 6.92 Å². The van der Waals surface area contributed by atoms with Crippen LogP contribution in [0, 0.1) is 0 Å². The number of benzene rings is 2. The molecule has 0 spiro atoms. The van der Waals surface area contributed by atoms with Gasteiger partial charge >= 0.3 is 6.03 Å². The van der Waals surface area contributed by atoms with Crippen LogP contribution in [0.2, 0.25) is 0 Å². The second kappa shape index (κ2) is 9.19. The second-order valence-electron chi connectivity index (χ2n) is 8.65. The van der Waals surface area contributed by atoms with E-state index < -0.39 is 23.4 Å². The van der Waals surface area contributed by atoms with Crippen LogP contribution in [0.15, 0.2) is 72.1 Å². The molecule has 170 valence electrons. The molecule has 0 saturated carbocycles. The molecule has 2 unspecified atom stereocenters. The number of rotatable bonds is 7. The Hall–Kier alpha value is -3.45. The number of carbonyl (C=O) groups excluding carboxylic acids is 3. The number of nitrogens with zero attached hydrogens (tertiary/aromatic N) is 1. The first-order valence-electron chi connectivity index (χ1n) is 10.9. The highest BCUT2D eigenvalue weighted by Crippen LogP contribution is 2.30. The molecule has 0 bridgehead atoms. The fourth-order valence-electron chi connectivity index (χ4n) is 4.01. The molecule has 33 heavy (non-hydrogen) atoms. The summed E-state index contributed by atoms with van der Waals surface area (Å²) >= 11 is 1.54. The first kappa shape index (κ1) is 22.7. The molecule has 1 aliphatic heterocycles.